The quantitative estimate of drug-likeness (QED) is 0.446. The van der Waals surface area contributed by atoms with Crippen molar-refractivity contribution < 1.29 is 17.5 Å². The molecule has 2 aliphatic rings. The first-order chi connectivity index (χ1) is 17.8. The molecule has 1 atom stereocenters. The summed E-state index contributed by atoms with van der Waals surface area (Å²) in [5.74, 6) is 0.256. The molecule has 0 saturated carbocycles. The van der Waals surface area contributed by atoms with Gasteiger partial charge in [0.15, 0.2) is 0 Å². The number of hydrogen-bond acceptors (Lipinski definition) is 5. The molecule has 1 saturated heterocycles. The molecule has 0 radical (unpaired) electrons. The summed E-state index contributed by atoms with van der Waals surface area (Å²) in [5, 5.41) is 0. The van der Waals surface area contributed by atoms with Crippen LogP contribution in [-0.4, -0.2) is 53.2 Å². The molecule has 0 N–H and O–H groups in total. The Morgan fingerprint density at radius 3 is 2.30 bits per heavy atom. The second kappa shape index (κ2) is 10.3. The number of methoxy groups -OCH3 is 1. The van der Waals surface area contributed by atoms with Crippen molar-refractivity contribution in [3.8, 4) is 5.75 Å². The van der Waals surface area contributed by atoms with Gasteiger partial charge in [0.25, 0.3) is 10.0 Å². The lowest BCUT2D eigenvalue weighted by Gasteiger charge is -2.40. The van der Waals surface area contributed by atoms with Crippen molar-refractivity contribution in [2.45, 2.75) is 37.6 Å². The number of aryl methyl sites for hydroxylation is 2. The Morgan fingerprint density at radius 1 is 0.892 bits per heavy atom. The van der Waals surface area contributed by atoms with Crippen LogP contribution < -0.4 is 13.9 Å². The minimum absolute atomic E-state index is 0.201. The molecule has 0 amide bonds. The van der Waals surface area contributed by atoms with E-state index in [1.165, 1.54) is 17.7 Å². The van der Waals surface area contributed by atoms with E-state index in [1.807, 2.05) is 25.1 Å². The van der Waals surface area contributed by atoms with Crippen molar-refractivity contribution >= 4 is 21.4 Å². The summed E-state index contributed by atoms with van der Waals surface area (Å²) in [4.78, 5) is 5.01. The zero-order valence-electron chi connectivity index (χ0n) is 21.7. The number of benzene rings is 3. The lowest BCUT2D eigenvalue weighted by Crippen LogP contribution is -2.47. The highest BCUT2D eigenvalue weighted by Gasteiger charge is 2.30. The first-order valence-electron chi connectivity index (χ1n) is 12.8. The highest BCUT2D eigenvalue weighted by atomic mass is 32.2. The van der Waals surface area contributed by atoms with Gasteiger partial charge in [-0.25, -0.2) is 12.8 Å². The molecule has 3 aromatic rings. The summed E-state index contributed by atoms with van der Waals surface area (Å²) in [6, 6.07) is 18.2. The van der Waals surface area contributed by atoms with Gasteiger partial charge in [0, 0.05) is 44.8 Å². The third-order valence-electron chi connectivity index (χ3n) is 7.62. The summed E-state index contributed by atoms with van der Waals surface area (Å²) in [7, 11) is -2.03. The van der Waals surface area contributed by atoms with Crippen molar-refractivity contribution in [1.82, 2.24) is 4.90 Å². The summed E-state index contributed by atoms with van der Waals surface area (Å²) in [6.45, 7) is 8.03. The molecule has 0 aliphatic carbocycles. The third-order valence-corrected chi connectivity index (χ3v) is 9.44. The van der Waals surface area contributed by atoms with Gasteiger partial charge in [0.05, 0.1) is 23.4 Å². The Bertz CT molecular complexity index is 1370. The van der Waals surface area contributed by atoms with Crippen LogP contribution in [0.15, 0.2) is 65.6 Å². The van der Waals surface area contributed by atoms with Gasteiger partial charge in [-0.05, 0) is 68.1 Å². The van der Waals surface area contributed by atoms with Crippen molar-refractivity contribution in [2.75, 3.05) is 49.0 Å². The number of anilines is 2. The molecule has 196 valence electrons. The van der Waals surface area contributed by atoms with Gasteiger partial charge in [-0.15, -0.1) is 0 Å². The average Bonchev–Trinajstić information content (AvgIpc) is 2.92. The first-order valence-corrected chi connectivity index (χ1v) is 14.3. The van der Waals surface area contributed by atoms with Crippen LogP contribution in [0.4, 0.5) is 15.8 Å². The Kier molecular flexibility index (Phi) is 7.14. The average molecular weight is 524 g/mol. The van der Waals surface area contributed by atoms with Crippen molar-refractivity contribution in [1.29, 1.82) is 0 Å². The maximum absolute atomic E-state index is 13.6. The fourth-order valence-corrected chi connectivity index (χ4v) is 6.94. The second-order valence-electron chi connectivity index (χ2n) is 9.90. The topological polar surface area (TPSA) is 53.1 Å². The monoisotopic (exact) mass is 523 g/mol. The van der Waals surface area contributed by atoms with E-state index < -0.39 is 10.0 Å². The van der Waals surface area contributed by atoms with E-state index in [0.29, 0.717) is 17.2 Å². The maximum atomic E-state index is 13.6. The molecular formula is C29H34FN3O3S. The van der Waals surface area contributed by atoms with Gasteiger partial charge < -0.3 is 9.64 Å². The van der Waals surface area contributed by atoms with Crippen molar-refractivity contribution in [3.05, 3.63) is 83.2 Å². The molecular weight excluding hydrogens is 489 g/mol. The molecule has 5 rings (SSSR count). The lowest BCUT2D eigenvalue weighted by atomic mass is 9.97. The molecule has 2 heterocycles. The molecule has 0 bridgehead atoms. The van der Waals surface area contributed by atoms with Crippen LogP contribution in [0.3, 0.4) is 0 Å². The van der Waals surface area contributed by atoms with Crippen LogP contribution in [0.1, 0.15) is 36.1 Å². The molecule has 37 heavy (non-hydrogen) atoms. The number of ether oxygens (including phenoxy) is 1. The van der Waals surface area contributed by atoms with E-state index in [-0.39, 0.29) is 11.9 Å². The highest BCUT2D eigenvalue weighted by Crippen LogP contribution is 2.36. The summed E-state index contributed by atoms with van der Waals surface area (Å²) >= 11 is 0. The standard InChI is InChI=1S/C29H34FN3O3S/c1-21-6-10-26(11-7-21)37(34,35)33-14-4-5-24-19-23(8-12-27(24)33)22(2)31-15-17-32(18-16-31)28-13-9-25(30)20-29(28)36-3/h6-13,19-20,22H,4-5,14-18H2,1-3H3. The minimum Gasteiger partial charge on any atom is -0.494 e. The second-order valence-corrected chi connectivity index (χ2v) is 11.8. The van der Waals surface area contributed by atoms with Crippen molar-refractivity contribution in [2.24, 2.45) is 0 Å². The van der Waals surface area contributed by atoms with Gasteiger partial charge in [0.2, 0.25) is 0 Å². The van der Waals surface area contributed by atoms with Crippen LogP contribution in [0.5, 0.6) is 5.75 Å². The number of nitrogens with zero attached hydrogens (tertiary/aromatic N) is 3. The molecule has 0 aromatic heterocycles. The van der Waals surface area contributed by atoms with Gasteiger partial charge in [-0.1, -0.05) is 29.8 Å². The first kappa shape index (κ1) is 25.5. The van der Waals surface area contributed by atoms with Crippen LogP contribution in [0.2, 0.25) is 0 Å². The lowest BCUT2D eigenvalue weighted by molar-refractivity contribution is 0.198. The number of piperazine rings is 1. The van der Waals surface area contributed by atoms with Crippen LogP contribution in [0.25, 0.3) is 0 Å². The fourth-order valence-electron chi connectivity index (χ4n) is 5.40. The Hall–Kier alpha value is -3.10. The number of hydrogen-bond donors (Lipinski definition) is 0. The van der Waals surface area contributed by atoms with E-state index in [1.54, 1.807) is 29.6 Å². The summed E-state index contributed by atoms with van der Waals surface area (Å²) < 4.78 is 47.4. The Labute approximate surface area is 219 Å². The third kappa shape index (κ3) is 5.05. The molecule has 8 heteroatoms. The van der Waals surface area contributed by atoms with Crippen LogP contribution >= 0.6 is 0 Å². The number of halogens is 1. The Balaban J connectivity index is 1.31. The minimum atomic E-state index is -3.60. The van der Waals surface area contributed by atoms with Gasteiger partial charge in [0.1, 0.15) is 11.6 Å². The smallest absolute Gasteiger partial charge is 0.264 e. The zero-order chi connectivity index (χ0) is 26.2. The van der Waals surface area contributed by atoms with Crippen LogP contribution in [-0.2, 0) is 16.4 Å². The van der Waals surface area contributed by atoms with Crippen molar-refractivity contribution in [3.63, 3.8) is 0 Å². The zero-order valence-corrected chi connectivity index (χ0v) is 22.5. The molecule has 0 spiro atoms. The van der Waals surface area contributed by atoms with E-state index in [4.69, 9.17) is 4.74 Å². The van der Waals surface area contributed by atoms with E-state index >= 15 is 0 Å². The van der Waals surface area contributed by atoms with E-state index in [2.05, 4.69) is 28.9 Å². The van der Waals surface area contributed by atoms with Gasteiger partial charge in [-0.2, -0.15) is 0 Å². The SMILES string of the molecule is COc1cc(F)ccc1N1CCN(C(C)c2ccc3c(c2)CCCN3S(=O)(=O)c2ccc(C)cc2)CC1. The summed E-state index contributed by atoms with van der Waals surface area (Å²) in [6.07, 6.45) is 1.67. The normalized spacial score (nSPS) is 17.4. The predicted molar refractivity (Wildman–Crippen MR) is 146 cm³/mol. The number of sulfonamides is 1. The van der Waals surface area contributed by atoms with Gasteiger partial charge >= 0.3 is 0 Å². The maximum Gasteiger partial charge on any atom is 0.264 e. The molecule has 1 unspecified atom stereocenters. The van der Waals surface area contributed by atoms with Crippen LogP contribution in [0, 0.1) is 12.7 Å². The molecule has 3 aromatic carbocycles. The number of rotatable bonds is 6. The predicted octanol–water partition coefficient (Wildman–Crippen LogP) is 5.17. The van der Waals surface area contributed by atoms with E-state index in [0.717, 1.165) is 61.5 Å². The molecule has 2 aliphatic heterocycles. The number of fused-ring (bicyclic) bond motifs is 1. The summed E-state index contributed by atoms with van der Waals surface area (Å²) in [5.41, 5.74) is 5.02. The van der Waals surface area contributed by atoms with Gasteiger partial charge in [-0.3, -0.25) is 9.21 Å². The Morgan fingerprint density at radius 2 is 1.59 bits per heavy atom. The molecule has 6 nitrogen and oxygen atoms in total. The largest absolute Gasteiger partial charge is 0.494 e. The molecule has 1 fully saturated rings. The van der Waals surface area contributed by atoms with E-state index in [9.17, 15) is 12.8 Å². The fraction of sp³-hybridized carbons (Fsp3) is 0.379. The highest BCUT2D eigenvalue weighted by molar-refractivity contribution is 7.92.